The molecule has 122 valence electrons. The van der Waals surface area contributed by atoms with Gasteiger partial charge in [0.2, 0.25) is 0 Å². The Labute approximate surface area is 138 Å². The van der Waals surface area contributed by atoms with Gasteiger partial charge in [-0.05, 0) is 43.7 Å². The van der Waals surface area contributed by atoms with Gasteiger partial charge in [-0.3, -0.25) is 4.79 Å². The minimum absolute atomic E-state index is 0.0963. The molecule has 1 aliphatic rings. The molecule has 0 amide bonds. The fraction of sp³-hybridized carbons (Fsp3) is 0.611. The molecule has 1 N–H and O–H groups in total. The van der Waals surface area contributed by atoms with Crippen molar-refractivity contribution in [2.45, 2.75) is 57.6 Å². The number of hydrogen-bond acceptors (Lipinski definition) is 4. The maximum absolute atomic E-state index is 11.7. The van der Waals surface area contributed by atoms with Crippen LogP contribution in [0, 0.1) is 5.92 Å². The molecular weight excluding hydrogens is 294 g/mol. The van der Waals surface area contributed by atoms with Crippen LogP contribution in [-0.2, 0) is 11.2 Å². The summed E-state index contributed by atoms with van der Waals surface area (Å²) in [6.45, 7) is 6.08. The van der Waals surface area contributed by atoms with Crippen molar-refractivity contribution in [1.82, 2.24) is 5.32 Å². The molecule has 0 saturated heterocycles. The summed E-state index contributed by atoms with van der Waals surface area (Å²) in [4.78, 5) is 11.7. The van der Waals surface area contributed by atoms with Gasteiger partial charge < -0.3 is 10.1 Å². The second-order valence-electron chi connectivity index (χ2n) is 6.39. The zero-order chi connectivity index (χ0) is 16.1. The van der Waals surface area contributed by atoms with Crippen LogP contribution < -0.4 is 10.1 Å². The number of ether oxygens (including phenoxy) is 1. The van der Waals surface area contributed by atoms with E-state index in [0.717, 1.165) is 24.2 Å². The van der Waals surface area contributed by atoms with E-state index in [1.54, 1.807) is 0 Å². The van der Waals surface area contributed by atoms with Gasteiger partial charge in [0.25, 0.3) is 0 Å². The Balaban J connectivity index is 1.75. The summed E-state index contributed by atoms with van der Waals surface area (Å²) in [5, 5.41) is 4.07. The SMILES string of the molecule is CSC(C)NC1CC(Oc2ccc(CC(=O)C(C)C)cc2)C1. The second-order valence-corrected chi connectivity index (χ2v) is 7.57. The van der Waals surface area contributed by atoms with E-state index in [2.05, 4.69) is 18.5 Å². The van der Waals surface area contributed by atoms with Crippen LogP contribution in [0.3, 0.4) is 0 Å². The molecule has 1 atom stereocenters. The van der Waals surface area contributed by atoms with E-state index in [1.807, 2.05) is 49.9 Å². The minimum Gasteiger partial charge on any atom is -0.490 e. The van der Waals surface area contributed by atoms with Gasteiger partial charge in [0.05, 0.1) is 5.37 Å². The smallest absolute Gasteiger partial charge is 0.139 e. The number of benzene rings is 1. The van der Waals surface area contributed by atoms with Crippen LogP contribution in [0.15, 0.2) is 24.3 Å². The largest absolute Gasteiger partial charge is 0.490 e. The lowest BCUT2D eigenvalue weighted by Crippen LogP contribution is -2.48. The first-order valence-corrected chi connectivity index (χ1v) is 9.34. The van der Waals surface area contributed by atoms with Crippen LogP contribution in [0.25, 0.3) is 0 Å². The Bertz CT molecular complexity index is 480. The third-order valence-electron chi connectivity index (χ3n) is 4.17. The molecule has 0 spiro atoms. The molecular formula is C18H27NO2S. The Morgan fingerprint density at radius 2 is 1.91 bits per heavy atom. The fourth-order valence-corrected chi connectivity index (χ4v) is 2.81. The van der Waals surface area contributed by atoms with Gasteiger partial charge in [-0.2, -0.15) is 0 Å². The van der Waals surface area contributed by atoms with Gasteiger partial charge >= 0.3 is 0 Å². The highest BCUT2D eigenvalue weighted by Crippen LogP contribution is 2.27. The molecule has 0 aromatic heterocycles. The molecule has 3 nitrogen and oxygen atoms in total. The van der Waals surface area contributed by atoms with Gasteiger partial charge in [0.15, 0.2) is 0 Å². The molecule has 1 fully saturated rings. The highest BCUT2D eigenvalue weighted by molar-refractivity contribution is 7.99. The summed E-state index contributed by atoms with van der Waals surface area (Å²) < 4.78 is 5.97. The minimum atomic E-state index is 0.0963. The van der Waals surface area contributed by atoms with Crippen molar-refractivity contribution in [2.24, 2.45) is 5.92 Å². The first-order valence-electron chi connectivity index (χ1n) is 8.05. The zero-order valence-electron chi connectivity index (χ0n) is 14.0. The molecule has 1 aliphatic carbocycles. The predicted octanol–water partition coefficient (Wildman–Crippen LogP) is 3.66. The van der Waals surface area contributed by atoms with E-state index < -0.39 is 0 Å². The molecule has 0 aliphatic heterocycles. The maximum Gasteiger partial charge on any atom is 0.139 e. The number of Topliss-reactive ketones (excluding diaryl/α,β-unsaturated/α-hetero) is 1. The molecule has 1 saturated carbocycles. The zero-order valence-corrected chi connectivity index (χ0v) is 14.8. The highest BCUT2D eigenvalue weighted by Gasteiger charge is 2.31. The molecule has 0 bridgehead atoms. The third kappa shape index (κ3) is 5.03. The number of ketones is 1. The lowest BCUT2D eigenvalue weighted by atomic mass is 9.89. The van der Waals surface area contributed by atoms with Crippen LogP contribution in [-0.4, -0.2) is 29.6 Å². The highest BCUT2D eigenvalue weighted by atomic mass is 32.2. The van der Waals surface area contributed by atoms with Gasteiger partial charge in [0, 0.05) is 18.4 Å². The normalized spacial score (nSPS) is 22.2. The monoisotopic (exact) mass is 321 g/mol. The second kappa shape index (κ2) is 8.02. The third-order valence-corrected chi connectivity index (χ3v) is 5.01. The average molecular weight is 321 g/mol. The molecule has 0 radical (unpaired) electrons. The van der Waals surface area contributed by atoms with E-state index in [1.165, 1.54) is 0 Å². The number of rotatable bonds is 8. The van der Waals surface area contributed by atoms with Crippen LogP contribution in [0.4, 0.5) is 0 Å². The predicted molar refractivity (Wildman–Crippen MR) is 93.5 cm³/mol. The first-order chi connectivity index (χ1) is 10.5. The number of hydrogen-bond donors (Lipinski definition) is 1. The fourth-order valence-electron chi connectivity index (χ4n) is 2.48. The Morgan fingerprint density at radius 1 is 1.27 bits per heavy atom. The maximum atomic E-state index is 11.7. The van der Waals surface area contributed by atoms with Crippen molar-refractivity contribution < 1.29 is 9.53 Å². The van der Waals surface area contributed by atoms with Crippen molar-refractivity contribution in [2.75, 3.05) is 6.26 Å². The van der Waals surface area contributed by atoms with Crippen LogP contribution >= 0.6 is 11.8 Å². The molecule has 22 heavy (non-hydrogen) atoms. The topological polar surface area (TPSA) is 38.3 Å². The number of thioether (sulfide) groups is 1. The Hall–Kier alpha value is -1.00. The summed E-state index contributed by atoms with van der Waals surface area (Å²) >= 11 is 1.84. The molecule has 1 aromatic rings. The van der Waals surface area contributed by atoms with E-state index in [0.29, 0.717) is 23.9 Å². The van der Waals surface area contributed by atoms with Crippen LogP contribution in [0.5, 0.6) is 5.75 Å². The average Bonchev–Trinajstić information content (AvgIpc) is 2.46. The summed E-state index contributed by atoms with van der Waals surface area (Å²) in [7, 11) is 0. The number of carbonyl (C=O) groups is 1. The first kappa shape index (κ1) is 17.4. The summed E-state index contributed by atoms with van der Waals surface area (Å²) in [6, 6.07) is 8.54. The van der Waals surface area contributed by atoms with Gasteiger partial charge in [0.1, 0.15) is 17.6 Å². The summed E-state index contributed by atoms with van der Waals surface area (Å²) in [5.41, 5.74) is 1.06. The Morgan fingerprint density at radius 3 is 2.45 bits per heavy atom. The number of nitrogens with one attached hydrogen (secondary N) is 1. The molecule has 0 heterocycles. The number of carbonyl (C=O) groups excluding carboxylic acids is 1. The van der Waals surface area contributed by atoms with Crippen molar-refractivity contribution in [1.29, 1.82) is 0 Å². The van der Waals surface area contributed by atoms with Crippen molar-refractivity contribution in [3.8, 4) is 5.75 Å². The van der Waals surface area contributed by atoms with Gasteiger partial charge in [-0.15, -0.1) is 11.8 Å². The lowest BCUT2D eigenvalue weighted by Gasteiger charge is -2.37. The molecule has 1 unspecified atom stereocenters. The molecule has 1 aromatic carbocycles. The van der Waals surface area contributed by atoms with Crippen molar-refractivity contribution >= 4 is 17.5 Å². The quantitative estimate of drug-likeness (QED) is 0.742. The van der Waals surface area contributed by atoms with E-state index in [-0.39, 0.29) is 11.7 Å². The van der Waals surface area contributed by atoms with Crippen LogP contribution in [0.2, 0.25) is 0 Å². The lowest BCUT2D eigenvalue weighted by molar-refractivity contribution is -0.121. The van der Waals surface area contributed by atoms with E-state index in [4.69, 9.17) is 4.74 Å². The molecule has 2 rings (SSSR count). The van der Waals surface area contributed by atoms with Gasteiger partial charge in [-0.25, -0.2) is 0 Å². The van der Waals surface area contributed by atoms with Crippen LogP contribution in [0.1, 0.15) is 39.2 Å². The standard InChI is InChI=1S/C18H27NO2S/c1-12(2)18(20)9-14-5-7-16(8-6-14)21-17-10-15(11-17)19-13(3)22-4/h5-8,12-13,15,17,19H,9-11H2,1-4H3. The van der Waals surface area contributed by atoms with Crippen molar-refractivity contribution in [3.05, 3.63) is 29.8 Å². The summed E-state index contributed by atoms with van der Waals surface area (Å²) in [5.74, 6) is 1.28. The molecule has 4 heteroatoms. The Kier molecular flexibility index (Phi) is 6.33. The summed E-state index contributed by atoms with van der Waals surface area (Å²) in [6.07, 6.45) is 5.09. The van der Waals surface area contributed by atoms with Crippen molar-refractivity contribution in [3.63, 3.8) is 0 Å². The van der Waals surface area contributed by atoms with Gasteiger partial charge in [-0.1, -0.05) is 26.0 Å². The van der Waals surface area contributed by atoms with E-state index in [9.17, 15) is 4.79 Å². The van der Waals surface area contributed by atoms with E-state index >= 15 is 0 Å².